The Balaban J connectivity index is 1.86. The smallest absolute Gasteiger partial charge is 0.263 e. The maximum atomic E-state index is 12.8. The van der Waals surface area contributed by atoms with Crippen LogP contribution in [0.4, 0.5) is 0 Å². The van der Waals surface area contributed by atoms with E-state index in [-0.39, 0.29) is 11.5 Å². The first kappa shape index (κ1) is 18.5. The molecule has 3 heterocycles. The number of amides is 1. The molecule has 2 aromatic rings. The van der Waals surface area contributed by atoms with Gasteiger partial charge in [-0.15, -0.1) is 11.3 Å². The third-order valence-electron chi connectivity index (χ3n) is 5.02. The number of carbonyl (C=O) groups excluding carboxylic acids is 1. The maximum absolute atomic E-state index is 12.8. The molecule has 0 spiro atoms. The van der Waals surface area contributed by atoms with E-state index in [9.17, 15) is 9.59 Å². The average Bonchev–Trinajstić information content (AvgIpc) is 2.87. The lowest BCUT2D eigenvalue weighted by Gasteiger charge is -2.33. The Bertz CT molecular complexity index is 856. The molecule has 136 valence electrons. The van der Waals surface area contributed by atoms with Crippen LogP contribution in [-0.2, 0) is 11.3 Å². The Labute approximate surface area is 156 Å². The second kappa shape index (κ2) is 7.50. The van der Waals surface area contributed by atoms with Crippen molar-refractivity contribution in [3.05, 3.63) is 20.8 Å². The third kappa shape index (κ3) is 3.49. The van der Waals surface area contributed by atoms with E-state index >= 15 is 0 Å². The highest BCUT2D eigenvalue weighted by molar-refractivity contribution is 7.99. The summed E-state index contributed by atoms with van der Waals surface area (Å²) in [4.78, 5) is 34.0. The van der Waals surface area contributed by atoms with Gasteiger partial charge < -0.3 is 4.90 Å². The molecule has 25 heavy (non-hydrogen) atoms. The molecule has 1 aliphatic rings. The summed E-state index contributed by atoms with van der Waals surface area (Å²) in [6, 6.07) is 0.313. The number of thioether (sulfide) groups is 1. The summed E-state index contributed by atoms with van der Waals surface area (Å²) in [5.74, 6) is 0.485. The molecule has 0 aromatic carbocycles. The summed E-state index contributed by atoms with van der Waals surface area (Å²) in [6.07, 6.45) is 3.36. The van der Waals surface area contributed by atoms with Crippen LogP contribution in [0.1, 0.15) is 43.6 Å². The van der Waals surface area contributed by atoms with E-state index in [1.54, 1.807) is 15.9 Å². The Morgan fingerprint density at radius 2 is 2.12 bits per heavy atom. The summed E-state index contributed by atoms with van der Waals surface area (Å²) in [7, 11) is 0. The molecule has 5 nitrogen and oxygen atoms in total. The number of likely N-dealkylation sites (tertiary alicyclic amines) is 1. The molecule has 0 saturated carbocycles. The van der Waals surface area contributed by atoms with Crippen molar-refractivity contribution in [1.29, 1.82) is 0 Å². The van der Waals surface area contributed by atoms with Crippen LogP contribution in [-0.4, -0.2) is 38.7 Å². The highest BCUT2D eigenvalue weighted by atomic mass is 32.2. The van der Waals surface area contributed by atoms with Crippen molar-refractivity contribution >= 4 is 39.2 Å². The first-order chi connectivity index (χ1) is 11.9. The minimum Gasteiger partial charge on any atom is -0.339 e. The first-order valence-electron chi connectivity index (χ1n) is 8.86. The summed E-state index contributed by atoms with van der Waals surface area (Å²) < 4.78 is 1.69. The second-order valence-electron chi connectivity index (χ2n) is 6.63. The first-order valence-corrected chi connectivity index (χ1v) is 10.7. The van der Waals surface area contributed by atoms with Gasteiger partial charge >= 0.3 is 0 Å². The number of hydrogen-bond acceptors (Lipinski definition) is 5. The fourth-order valence-electron chi connectivity index (χ4n) is 3.38. The van der Waals surface area contributed by atoms with Crippen LogP contribution in [0.3, 0.4) is 0 Å². The van der Waals surface area contributed by atoms with Gasteiger partial charge in [0.05, 0.1) is 11.1 Å². The monoisotopic (exact) mass is 379 g/mol. The molecule has 0 bridgehead atoms. The van der Waals surface area contributed by atoms with Gasteiger partial charge in [-0.2, -0.15) is 0 Å². The van der Waals surface area contributed by atoms with Gasteiger partial charge in [0, 0.05) is 24.0 Å². The van der Waals surface area contributed by atoms with Gasteiger partial charge in [-0.25, -0.2) is 4.98 Å². The summed E-state index contributed by atoms with van der Waals surface area (Å²) >= 11 is 2.94. The van der Waals surface area contributed by atoms with E-state index in [2.05, 4.69) is 6.92 Å². The standard InChI is InChI=1S/C18H25N3O2S2/c1-5-20-17(23)15-12(3)13(4)25-16(15)19-18(20)24-10-14(22)21-9-7-6-8-11(21)2/h11H,5-10H2,1-4H3/t11-/m0/s1. The summed E-state index contributed by atoms with van der Waals surface area (Å²) in [5.41, 5.74) is 1.03. The Morgan fingerprint density at radius 3 is 2.80 bits per heavy atom. The molecule has 3 rings (SSSR count). The van der Waals surface area contributed by atoms with Gasteiger partial charge in [-0.1, -0.05) is 11.8 Å². The van der Waals surface area contributed by atoms with E-state index < -0.39 is 0 Å². The second-order valence-corrected chi connectivity index (χ2v) is 8.77. The number of rotatable bonds is 4. The van der Waals surface area contributed by atoms with Gasteiger partial charge in [0.25, 0.3) is 5.56 Å². The van der Waals surface area contributed by atoms with Gasteiger partial charge in [0.1, 0.15) is 4.83 Å². The SMILES string of the molecule is CCn1c(SCC(=O)N2CCCC[C@@H]2C)nc2sc(C)c(C)c2c1=O. The van der Waals surface area contributed by atoms with E-state index in [0.717, 1.165) is 40.0 Å². The van der Waals surface area contributed by atoms with Crippen LogP contribution >= 0.6 is 23.1 Å². The lowest BCUT2D eigenvalue weighted by molar-refractivity contribution is -0.131. The molecule has 1 aliphatic heterocycles. The molecule has 0 aliphatic carbocycles. The topological polar surface area (TPSA) is 55.2 Å². The van der Waals surface area contributed by atoms with Crippen molar-refractivity contribution in [2.45, 2.75) is 64.7 Å². The molecule has 0 radical (unpaired) electrons. The quantitative estimate of drug-likeness (QED) is 0.602. The zero-order valence-corrected chi connectivity index (χ0v) is 16.9. The van der Waals surface area contributed by atoms with Crippen LogP contribution in [0.5, 0.6) is 0 Å². The largest absolute Gasteiger partial charge is 0.339 e. The number of aromatic nitrogens is 2. The summed E-state index contributed by atoms with van der Waals surface area (Å²) in [5, 5.41) is 1.38. The van der Waals surface area contributed by atoms with Crippen molar-refractivity contribution < 1.29 is 4.79 Å². The number of nitrogens with zero attached hydrogens (tertiary/aromatic N) is 3. The van der Waals surface area contributed by atoms with Crippen LogP contribution in [0.15, 0.2) is 9.95 Å². The number of piperidine rings is 1. The lowest BCUT2D eigenvalue weighted by Crippen LogP contribution is -2.43. The van der Waals surface area contributed by atoms with Crippen molar-refractivity contribution in [2.24, 2.45) is 0 Å². The highest BCUT2D eigenvalue weighted by Crippen LogP contribution is 2.28. The van der Waals surface area contributed by atoms with E-state index in [4.69, 9.17) is 4.98 Å². The molecular weight excluding hydrogens is 354 g/mol. The predicted molar refractivity (Wildman–Crippen MR) is 105 cm³/mol. The van der Waals surface area contributed by atoms with Crippen LogP contribution in [0, 0.1) is 13.8 Å². The number of carbonyl (C=O) groups is 1. The number of aryl methyl sites for hydroxylation is 2. The van der Waals surface area contributed by atoms with Gasteiger partial charge in [-0.05, 0) is 52.5 Å². The predicted octanol–water partition coefficient (Wildman–Crippen LogP) is 3.59. The molecule has 2 aromatic heterocycles. The van der Waals surface area contributed by atoms with Crippen molar-refractivity contribution in [1.82, 2.24) is 14.5 Å². The highest BCUT2D eigenvalue weighted by Gasteiger charge is 2.24. The third-order valence-corrected chi connectivity index (χ3v) is 7.08. The fourth-order valence-corrected chi connectivity index (χ4v) is 5.40. The zero-order valence-electron chi connectivity index (χ0n) is 15.3. The fraction of sp³-hybridized carbons (Fsp3) is 0.611. The van der Waals surface area contributed by atoms with Gasteiger partial charge in [-0.3, -0.25) is 14.2 Å². The molecule has 0 unspecified atom stereocenters. The Hall–Kier alpha value is -1.34. The molecule has 1 fully saturated rings. The lowest BCUT2D eigenvalue weighted by atomic mass is 10.0. The van der Waals surface area contributed by atoms with E-state index in [1.807, 2.05) is 25.7 Å². The molecule has 1 atom stereocenters. The Kier molecular flexibility index (Phi) is 5.53. The maximum Gasteiger partial charge on any atom is 0.263 e. The van der Waals surface area contributed by atoms with Crippen molar-refractivity contribution in [3.63, 3.8) is 0 Å². The van der Waals surface area contributed by atoms with E-state index in [0.29, 0.717) is 23.5 Å². The molecule has 0 N–H and O–H groups in total. The molecule has 1 amide bonds. The Morgan fingerprint density at radius 1 is 1.36 bits per heavy atom. The van der Waals surface area contributed by atoms with Gasteiger partial charge in [0.15, 0.2) is 5.16 Å². The van der Waals surface area contributed by atoms with Crippen LogP contribution < -0.4 is 5.56 Å². The number of thiophene rings is 1. The minimum atomic E-state index is 0.00985. The van der Waals surface area contributed by atoms with Crippen molar-refractivity contribution in [2.75, 3.05) is 12.3 Å². The minimum absolute atomic E-state index is 0.00985. The van der Waals surface area contributed by atoms with Crippen LogP contribution in [0.2, 0.25) is 0 Å². The van der Waals surface area contributed by atoms with Crippen molar-refractivity contribution in [3.8, 4) is 0 Å². The normalized spacial score (nSPS) is 18.1. The molecular formula is C18H25N3O2S2. The van der Waals surface area contributed by atoms with Crippen LogP contribution in [0.25, 0.3) is 10.2 Å². The van der Waals surface area contributed by atoms with Gasteiger partial charge in [0.2, 0.25) is 5.91 Å². The average molecular weight is 380 g/mol. The number of fused-ring (bicyclic) bond motifs is 1. The zero-order chi connectivity index (χ0) is 18.1. The summed E-state index contributed by atoms with van der Waals surface area (Å²) in [6.45, 7) is 9.47. The van der Waals surface area contributed by atoms with E-state index in [1.165, 1.54) is 18.2 Å². The number of hydrogen-bond donors (Lipinski definition) is 0. The molecule has 1 saturated heterocycles. The molecule has 7 heteroatoms.